The van der Waals surface area contributed by atoms with Crippen molar-refractivity contribution in [2.24, 2.45) is 0 Å². The van der Waals surface area contributed by atoms with Crippen LogP contribution >= 0.6 is 22.9 Å². The molecule has 2 atom stereocenters. The van der Waals surface area contributed by atoms with Crippen LogP contribution < -0.4 is 0 Å². The lowest BCUT2D eigenvalue weighted by atomic mass is 9.97. The van der Waals surface area contributed by atoms with Gasteiger partial charge in [-0.3, -0.25) is 4.79 Å². The number of carbonyl (C=O) groups excluding carboxylic acids is 2. The van der Waals surface area contributed by atoms with Crippen LogP contribution in [-0.2, 0) is 9.53 Å². The third-order valence-corrected chi connectivity index (χ3v) is 6.22. The average Bonchev–Trinajstić information content (AvgIpc) is 2.88. The van der Waals surface area contributed by atoms with Gasteiger partial charge in [0.25, 0.3) is 5.91 Å². The lowest BCUT2D eigenvalue weighted by Gasteiger charge is -2.38. The minimum absolute atomic E-state index is 0.144. The van der Waals surface area contributed by atoms with Gasteiger partial charge < -0.3 is 9.64 Å². The monoisotopic (exact) mass is 383 g/mol. The van der Waals surface area contributed by atoms with Crippen LogP contribution in [0.25, 0.3) is 10.1 Å². The van der Waals surface area contributed by atoms with Crippen LogP contribution in [0, 0.1) is 5.82 Å². The predicted octanol–water partition coefficient (Wildman–Crippen LogP) is 4.64. The van der Waals surface area contributed by atoms with E-state index in [4.69, 9.17) is 16.3 Å². The van der Waals surface area contributed by atoms with Crippen molar-refractivity contribution < 1.29 is 18.7 Å². The van der Waals surface area contributed by atoms with Gasteiger partial charge in [0.2, 0.25) is 0 Å². The Morgan fingerprint density at radius 2 is 2.00 bits per heavy atom. The van der Waals surface area contributed by atoms with Crippen LogP contribution in [0.15, 0.2) is 18.2 Å². The minimum Gasteiger partial charge on any atom is -0.451 e. The topological polar surface area (TPSA) is 46.6 Å². The number of likely N-dealkylation sites (tertiary alicyclic amines) is 1. The Kier molecular flexibility index (Phi) is 5.29. The van der Waals surface area contributed by atoms with Gasteiger partial charge in [0, 0.05) is 22.2 Å². The fourth-order valence-corrected chi connectivity index (χ4v) is 4.78. The SMILES string of the molecule is C[C@@H]1CCC[C@@H](C)N1C(=O)COC(=O)c1sc2cc(F)ccc2c1Cl. The fourth-order valence-electron chi connectivity index (χ4n) is 3.35. The maximum atomic E-state index is 13.3. The van der Waals surface area contributed by atoms with E-state index in [1.807, 2.05) is 13.8 Å². The van der Waals surface area contributed by atoms with Gasteiger partial charge in [0.1, 0.15) is 10.7 Å². The zero-order valence-corrected chi connectivity index (χ0v) is 15.6. The second-order valence-electron chi connectivity index (χ2n) is 6.39. The number of hydrogen-bond donors (Lipinski definition) is 0. The number of hydrogen-bond acceptors (Lipinski definition) is 4. The predicted molar refractivity (Wildman–Crippen MR) is 96.7 cm³/mol. The zero-order chi connectivity index (χ0) is 18.1. The highest BCUT2D eigenvalue weighted by molar-refractivity contribution is 7.21. The van der Waals surface area contributed by atoms with Gasteiger partial charge in [0.05, 0.1) is 5.02 Å². The second kappa shape index (κ2) is 7.30. The van der Waals surface area contributed by atoms with E-state index in [1.165, 1.54) is 18.2 Å². The van der Waals surface area contributed by atoms with Crippen molar-refractivity contribution in [3.05, 3.63) is 33.9 Å². The van der Waals surface area contributed by atoms with Gasteiger partial charge >= 0.3 is 5.97 Å². The number of amides is 1. The molecule has 0 radical (unpaired) electrons. The van der Waals surface area contributed by atoms with Crippen LogP contribution in [0.2, 0.25) is 5.02 Å². The summed E-state index contributed by atoms with van der Waals surface area (Å²) in [6, 6.07) is 4.43. The highest BCUT2D eigenvalue weighted by Crippen LogP contribution is 2.36. The number of esters is 1. The molecular weight excluding hydrogens is 365 g/mol. The van der Waals surface area contributed by atoms with Crippen molar-refractivity contribution in [1.29, 1.82) is 0 Å². The molecule has 3 rings (SSSR count). The molecule has 2 heterocycles. The van der Waals surface area contributed by atoms with Crippen LogP contribution in [0.3, 0.4) is 0 Å². The molecule has 0 spiro atoms. The molecule has 1 aliphatic rings. The van der Waals surface area contributed by atoms with E-state index in [2.05, 4.69) is 0 Å². The summed E-state index contributed by atoms with van der Waals surface area (Å²) in [7, 11) is 0. The first kappa shape index (κ1) is 18.1. The molecule has 0 bridgehead atoms. The largest absolute Gasteiger partial charge is 0.451 e. The minimum atomic E-state index is -0.655. The third-order valence-electron chi connectivity index (χ3n) is 4.59. The van der Waals surface area contributed by atoms with Crippen molar-refractivity contribution in [3.8, 4) is 0 Å². The van der Waals surface area contributed by atoms with E-state index in [0.29, 0.717) is 10.1 Å². The lowest BCUT2D eigenvalue weighted by Crippen LogP contribution is -2.49. The quantitative estimate of drug-likeness (QED) is 0.725. The molecule has 2 aromatic rings. The molecule has 25 heavy (non-hydrogen) atoms. The number of ether oxygens (including phenoxy) is 1. The van der Waals surface area contributed by atoms with Crippen molar-refractivity contribution in [2.45, 2.75) is 45.2 Å². The van der Waals surface area contributed by atoms with Gasteiger partial charge in [0.15, 0.2) is 6.61 Å². The molecule has 134 valence electrons. The summed E-state index contributed by atoms with van der Waals surface area (Å²) in [6.45, 7) is 3.70. The van der Waals surface area contributed by atoms with Crippen LogP contribution in [0.5, 0.6) is 0 Å². The molecule has 1 aliphatic heterocycles. The number of nitrogens with zero attached hydrogens (tertiary/aromatic N) is 1. The first-order valence-corrected chi connectivity index (χ1v) is 9.43. The maximum absolute atomic E-state index is 13.3. The zero-order valence-electron chi connectivity index (χ0n) is 14.1. The molecule has 4 nitrogen and oxygen atoms in total. The van der Waals surface area contributed by atoms with Gasteiger partial charge in [-0.2, -0.15) is 0 Å². The summed E-state index contributed by atoms with van der Waals surface area (Å²) >= 11 is 7.27. The van der Waals surface area contributed by atoms with Crippen LogP contribution in [-0.4, -0.2) is 35.5 Å². The van der Waals surface area contributed by atoms with Gasteiger partial charge in [-0.1, -0.05) is 11.6 Å². The molecule has 0 saturated carbocycles. The number of carbonyl (C=O) groups is 2. The fraction of sp³-hybridized carbons (Fsp3) is 0.444. The molecule has 0 aliphatic carbocycles. The molecule has 1 aromatic carbocycles. The van der Waals surface area contributed by atoms with Crippen LogP contribution in [0.4, 0.5) is 4.39 Å². The van der Waals surface area contributed by atoms with Crippen molar-refractivity contribution in [2.75, 3.05) is 6.61 Å². The molecule has 1 fully saturated rings. The van der Waals surface area contributed by atoms with Gasteiger partial charge in [-0.15, -0.1) is 11.3 Å². The summed E-state index contributed by atoms with van der Waals surface area (Å²) in [5.74, 6) is -1.25. The summed E-state index contributed by atoms with van der Waals surface area (Å²) < 4.78 is 19.1. The normalized spacial score (nSPS) is 20.7. The number of rotatable bonds is 3. The van der Waals surface area contributed by atoms with E-state index in [-0.39, 0.29) is 34.5 Å². The Hall–Kier alpha value is -1.66. The Bertz CT molecular complexity index is 812. The number of thiophene rings is 1. The Morgan fingerprint density at radius 3 is 2.68 bits per heavy atom. The van der Waals surface area contributed by atoms with E-state index >= 15 is 0 Å². The van der Waals surface area contributed by atoms with E-state index in [0.717, 1.165) is 30.6 Å². The smallest absolute Gasteiger partial charge is 0.350 e. The number of fused-ring (bicyclic) bond motifs is 1. The molecule has 7 heteroatoms. The highest BCUT2D eigenvalue weighted by Gasteiger charge is 2.30. The molecular formula is C18H19ClFNO3S. The second-order valence-corrected chi connectivity index (χ2v) is 7.82. The molecule has 1 amide bonds. The number of piperidine rings is 1. The van der Waals surface area contributed by atoms with Crippen molar-refractivity contribution in [3.63, 3.8) is 0 Å². The van der Waals surface area contributed by atoms with Crippen LogP contribution in [0.1, 0.15) is 42.8 Å². The first-order chi connectivity index (χ1) is 11.9. The Morgan fingerprint density at radius 1 is 1.32 bits per heavy atom. The van der Waals surface area contributed by atoms with E-state index < -0.39 is 11.8 Å². The highest BCUT2D eigenvalue weighted by atomic mass is 35.5. The summed E-state index contributed by atoms with van der Waals surface area (Å²) in [4.78, 5) is 26.7. The molecule has 1 saturated heterocycles. The molecule has 0 N–H and O–H groups in total. The molecule has 0 unspecified atom stereocenters. The third kappa shape index (κ3) is 3.65. The number of halogens is 2. The summed E-state index contributed by atoms with van der Waals surface area (Å²) in [5.41, 5.74) is 0. The molecule has 1 aromatic heterocycles. The average molecular weight is 384 g/mol. The summed E-state index contributed by atoms with van der Waals surface area (Å²) in [5, 5.41) is 0.835. The van der Waals surface area contributed by atoms with E-state index in [9.17, 15) is 14.0 Å². The van der Waals surface area contributed by atoms with Gasteiger partial charge in [-0.05, 0) is 51.3 Å². The first-order valence-electron chi connectivity index (χ1n) is 8.24. The maximum Gasteiger partial charge on any atom is 0.350 e. The Balaban J connectivity index is 1.70. The lowest BCUT2D eigenvalue weighted by molar-refractivity contribution is -0.140. The van der Waals surface area contributed by atoms with E-state index in [1.54, 1.807) is 4.90 Å². The Labute approximate surface area is 154 Å². The summed E-state index contributed by atoms with van der Waals surface area (Å²) in [6.07, 6.45) is 3.01. The number of benzene rings is 1. The van der Waals surface area contributed by atoms with Crippen molar-refractivity contribution >= 4 is 44.9 Å². The van der Waals surface area contributed by atoms with Crippen molar-refractivity contribution in [1.82, 2.24) is 4.90 Å². The standard InChI is InChI=1S/C18H19ClFNO3S/c1-10-4-3-5-11(2)21(10)15(22)9-24-18(23)17-16(19)13-7-6-12(20)8-14(13)25-17/h6-8,10-11H,3-5,9H2,1-2H3/t10-,11-/m1/s1. The van der Waals surface area contributed by atoms with Gasteiger partial charge in [-0.25, -0.2) is 9.18 Å².